The summed E-state index contributed by atoms with van der Waals surface area (Å²) in [5.41, 5.74) is 2.91. The Morgan fingerprint density at radius 1 is 1.17 bits per heavy atom. The van der Waals surface area contributed by atoms with Gasteiger partial charge in [0.15, 0.2) is 0 Å². The largest absolute Gasteiger partial charge is 0.134 e. The standard InChI is InChI=1S/C11H12S/c1-12-11-7-6-9-4-2-3-5-10(9)8-11/h2-5,8H,6-7H2,1H3. The van der Waals surface area contributed by atoms with Gasteiger partial charge in [0.05, 0.1) is 0 Å². The molecule has 1 aromatic carbocycles. The van der Waals surface area contributed by atoms with E-state index in [1.165, 1.54) is 28.9 Å². The Morgan fingerprint density at radius 3 is 2.83 bits per heavy atom. The number of fused-ring (bicyclic) bond motifs is 1. The average molecular weight is 176 g/mol. The number of aryl methyl sites for hydroxylation is 1. The van der Waals surface area contributed by atoms with Crippen LogP contribution in [0.5, 0.6) is 0 Å². The molecule has 0 nitrogen and oxygen atoms in total. The van der Waals surface area contributed by atoms with Crippen molar-refractivity contribution in [2.75, 3.05) is 6.26 Å². The smallest absolute Gasteiger partial charge is 0.0140 e. The van der Waals surface area contributed by atoms with Crippen molar-refractivity contribution in [3.63, 3.8) is 0 Å². The molecule has 0 N–H and O–H groups in total. The fraction of sp³-hybridized carbons (Fsp3) is 0.273. The topological polar surface area (TPSA) is 0 Å². The summed E-state index contributed by atoms with van der Waals surface area (Å²) in [6.07, 6.45) is 6.89. The molecule has 0 unspecified atom stereocenters. The van der Waals surface area contributed by atoms with Crippen LogP contribution in [0.25, 0.3) is 6.08 Å². The Labute approximate surface area is 77.7 Å². The molecule has 1 aliphatic rings. The van der Waals surface area contributed by atoms with E-state index in [9.17, 15) is 0 Å². The molecular formula is C11H12S. The van der Waals surface area contributed by atoms with Gasteiger partial charge in [-0.2, -0.15) is 0 Å². The highest BCUT2D eigenvalue weighted by Crippen LogP contribution is 2.28. The molecule has 0 saturated carbocycles. The van der Waals surface area contributed by atoms with E-state index in [1.54, 1.807) is 0 Å². The first kappa shape index (κ1) is 7.93. The van der Waals surface area contributed by atoms with Crippen LogP contribution in [0.3, 0.4) is 0 Å². The molecule has 0 bridgehead atoms. The number of benzene rings is 1. The number of thioether (sulfide) groups is 1. The summed E-state index contributed by atoms with van der Waals surface area (Å²) in [5, 5.41) is 0. The molecule has 12 heavy (non-hydrogen) atoms. The molecular weight excluding hydrogens is 164 g/mol. The fourth-order valence-electron chi connectivity index (χ4n) is 1.57. The van der Waals surface area contributed by atoms with E-state index < -0.39 is 0 Å². The van der Waals surface area contributed by atoms with Gasteiger partial charge in [-0.15, -0.1) is 11.8 Å². The summed E-state index contributed by atoms with van der Waals surface area (Å²) in [7, 11) is 0. The second-order valence-corrected chi connectivity index (χ2v) is 3.95. The Balaban J connectivity index is 2.41. The number of hydrogen-bond donors (Lipinski definition) is 0. The second-order valence-electron chi connectivity index (χ2n) is 3.01. The quantitative estimate of drug-likeness (QED) is 0.632. The lowest BCUT2D eigenvalue weighted by Gasteiger charge is -2.14. The minimum Gasteiger partial charge on any atom is -0.134 e. The first-order valence-corrected chi connectivity index (χ1v) is 5.45. The van der Waals surface area contributed by atoms with Crippen LogP contribution in [0, 0.1) is 0 Å². The maximum Gasteiger partial charge on any atom is -0.0140 e. The molecule has 0 atom stereocenters. The van der Waals surface area contributed by atoms with Crippen molar-refractivity contribution in [1.29, 1.82) is 0 Å². The summed E-state index contributed by atoms with van der Waals surface area (Å²) in [5.74, 6) is 0. The van der Waals surface area contributed by atoms with Crippen LogP contribution in [0.1, 0.15) is 17.5 Å². The molecule has 0 amide bonds. The maximum absolute atomic E-state index is 2.31. The van der Waals surface area contributed by atoms with Crippen molar-refractivity contribution < 1.29 is 0 Å². The zero-order valence-corrected chi connectivity index (χ0v) is 8.03. The van der Waals surface area contributed by atoms with Crippen molar-refractivity contribution in [3.05, 3.63) is 40.3 Å². The van der Waals surface area contributed by atoms with Gasteiger partial charge in [-0.1, -0.05) is 24.3 Å². The Bertz CT molecular complexity index is 313. The number of allylic oxidation sites excluding steroid dienone is 1. The summed E-state index contributed by atoms with van der Waals surface area (Å²) in [6.45, 7) is 0. The van der Waals surface area contributed by atoms with Crippen LogP contribution < -0.4 is 0 Å². The van der Waals surface area contributed by atoms with Crippen LogP contribution in [0.2, 0.25) is 0 Å². The molecule has 1 aliphatic carbocycles. The van der Waals surface area contributed by atoms with Gasteiger partial charge in [0.25, 0.3) is 0 Å². The third kappa shape index (κ3) is 1.42. The van der Waals surface area contributed by atoms with Crippen molar-refractivity contribution in [2.24, 2.45) is 0 Å². The lowest BCUT2D eigenvalue weighted by atomic mass is 9.98. The first-order chi connectivity index (χ1) is 5.90. The monoisotopic (exact) mass is 176 g/mol. The number of hydrogen-bond acceptors (Lipinski definition) is 1. The van der Waals surface area contributed by atoms with E-state index in [0.717, 1.165) is 0 Å². The van der Waals surface area contributed by atoms with Gasteiger partial charge >= 0.3 is 0 Å². The second kappa shape index (κ2) is 3.36. The van der Waals surface area contributed by atoms with Crippen LogP contribution in [0.15, 0.2) is 29.2 Å². The van der Waals surface area contributed by atoms with Crippen molar-refractivity contribution in [1.82, 2.24) is 0 Å². The van der Waals surface area contributed by atoms with Crippen molar-refractivity contribution >= 4 is 17.8 Å². The molecule has 0 spiro atoms. The summed E-state index contributed by atoms with van der Waals surface area (Å²) < 4.78 is 0. The predicted octanol–water partition coefficient (Wildman–Crippen LogP) is 3.34. The fourth-order valence-corrected chi connectivity index (χ4v) is 2.12. The highest BCUT2D eigenvalue weighted by molar-refractivity contribution is 8.02. The average Bonchev–Trinajstić information content (AvgIpc) is 2.17. The third-order valence-corrected chi connectivity index (χ3v) is 3.12. The van der Waals surface area contributed by atoms with Crippen LogP contribution in [0.4, 0.5) is 0 Å². The SMILES string of the molecule is CSC1=Cc2ccccc2CC1. The normalized spacial score (nSPS) is 15.2. The third-order valence-electron chi connectivity index (χ3n) is 2.27. The van der Waals surface area contributed by atoms with E-state index in [1.807, 2.05) is 11.8 Å². The Kier molecular flexibility index (Phi) is 2.22. The molecule has 0 saturated heterocycles. The molecule has 1 heteroatoms. The maximum atomic E-state index is 2.31. The van der Waals surface area contributed by atoms with Crippen LogP contribution in [-0.4, -0.2) is 6.26 Å². The van der Waals surface area contributed by atoms with Gasteiger partial charge in [0.1, 0.15) is 0 Å². The van der Waals surface area contributed by atoms with Gasteiger partial charge in [0, 0.05) is 0 Å². The van der Waals surface area contributed by atoms with Crippen molar-refractivity contribution in [3.8, 4) is 0 Å². The Hall–Kier alpha value is -0.690. The lowest BCUT2D eigenvalue weighted by Crippen LogP contribution is -1.96. The molecule has 2 rings (SSSR count). The zero-order valence-electron chi connectivity index (χ0n) is 7.21. The van der Waals surface area contributed by atoms with Crippen LogP contribution in [-0.2, 0) is 6.42 Å². The summed E-state index contributed by atoms with van der Waals surface area (Å²) in [6, 6.07) is 8.66. The van der Waals surface area contributed by atoms with E-state index in [2.05, 4.69) is 36.6 Å². The van der Waals surface area contributed by atoms with Gasteiger partial charge in [-0.3, -0.25) is 0 Å². The molecule has 0 heterocycles. The van der Waals surface area contributed by atoms with E-state index >= 15 is 0 Å². The van der Waals surface area contributed by atoms with Crippen LogP contribution >= 0.6 is 11.8 Å². The highest BCUT2D eigenvalue weighted by atomic mass is 32.2. The highest BCUT2D eigenvalue weighted by Gasteiger charge is 2.07. The predicted molar refractivity (Wildman–Crippen MR) is 56.3 cm³/mol. The zero-order chi connectivity index (χ0) is 8.39. The summed E-state index contributed by atoms with van der Waals surface area (Å²) >= 11 is 1.87. The summed E-state index contributed by atoms with van der Waals surface area (Å²) in [4.78, 5) is 1.51. The van der Waals surface area contributed by atoms with E-state index in [0.29, 0.717) is 0 Å². The minimum absolute atomic E-state index is 1.21. The molecule has 0 aliphatic heterocycles. The van der Waals surface area contributed by atoms with Gasteiger partial charge < -0.3 is 0 Å². The van der Waals surface area contributed by atoms with E-state index in [4.69, 9.17) is 0 Å². The molecule has 62 valence electrons. The van der Waals surface area contributed by atoms with Crippen molar-refractivity contribution in [2.45, 2.75) is 12.8 Å². The molecule has 0 fully saturated rings. The number of rotatable bonds is 1. The van der Waals surface area contributed by atoms with Gasteiger partial charge in [0.2, 0.25) is 0 Å². The minimum atomic E-state index is 1.21. The van der Waals surface area contributed by atoms with E-state index in [-0.39, 0.29) is 0 Å². The van der Waals surface area contributed by atoms with Gasteiger partial charge in [-0.05, 0) is 41.2 Å². The first-order valence-electron chi connectivity index (χ1n) is 4.22. The molecule has 0 aromatic heterocycles. The lowest BCUT2D eigenvalue weighted by molar-refractivity contribution is 0.974. The molecule has 0 radical (unpaired) electrons. The Morgan fingerprint density at radius 2 is 2.00 bits per heavy atom. The molecule has 1 aromatic rings. The van der Waals surface area contributed by atoms with Gasteiger partial charge in [-0.25, -0.2) is 0 Å².